The number of nitrogens with one attached hydrogen (secondary N) is 1. The Morgan fingerprint density at radius 3 is 3.00 bits per heavy atom. The van der Waals surface area contributed by atoms with E-state index in [2.05, 4.69) is 12.2 Å². The lowest BCUT2D eigenvalue weighted by Crippen LogP contribution is -2.34. The second-order valence-corrected chi connectivity index (χ2v) is 5.66. The quantitative estimate of drug-likeness (QED) is 0.538. The van der Waals surface area contributed by atoms with Gasteiger partial charge in [-0.15, -0.1) is 11.6 Å². The van der Waals surface area contributed by atoms with E-state index in [4.69, 9.17) is 11.6 Å². The van der Waals surface area contributed by atoms with Gasteiger partial charge in [-0.25, -0.2) is 0 Å². The maximum absolute atomic E-state index is 5.92. The first-order chi connectivity index (χ1) is 6.88. The molecule has 0 aromatic carbocycles. The zero-order valence-electron chi connectivity index (χ0n) is 9.10. The molecule has 0 radical (unpaired) electrons. The second-order valence-electron chi connectivity index (χ2n) is 3.96. The van der Waals surface area contributed by atoms with Crippen LogP contribution in [0.2, 0.25) is 0 Å². The molecule has 1 N–H and O–H groups in total. The average Bonchev–Trinajstić information content (AvgIpc) is 2.65. The molecule has 1 saturated carbocycles. The Kier molecular flexibility index (Phi) is 7.09. The highest BCUT2D eigenvalue weighted by Gasteiger charge is 2.25. The highest BCUT2D eigenvalue weighted by molar-refractivity contribution is 7.99. The molecule has 1 rings (SSSR count). The van der Waals surface area contributed by atoms with Gasteiger partial charge in [0.05, 0.1) is 0 Å². The molecule has 1 aliphatic carbocycles. The lowest BCUT2D eigenvalue weighted by Gasteiger charge is -2.18. The first kappa shape index (κ1) is 12.7. The Balaban J connectivity index is 2.00. The van der Waals surface area contributed by atoms with E-state index in [1.165, 1.54) is 43.7 Å². The Morgan fingerprint density at radius 2 is 2.29 bits per heavy atom. The van der Waals surface area contributed by atoms with Crippen LogP contribution in [0.25, 0.3) is 0 Å². The number of halogens is 1. The third-order valence-corrected chi connectivity index (χ3v) is 4.32. The van der Waals surface area contributed by atoms with Crippen LogP contribution < -0.4 is 5.32 Å². The molecular formula is C11H22ClNS. The number of hydrogen-bond acceptors (Lipinski definition) is 2. The Labute approximate surface area is 97.4 Å². The summed E-state index contributed by atoms with van der Waals surface area (Å²) in [5.41, 5.74) is 0. The Hall–Kier alpha value is 0.600. The largest absolute Gasteiger partial charge is 0.314 e. The summed E-state index contributed by atoms with van der Waals surface area (Å²) < 4.78 is 0. The van der Waals surface area contributed by atoms with E-state index in [9.17, 15) is 0 Å². The van der Waals surface area contributed by atoms with Crippen LogP contribution in [0.1, 0.15) is 32.6 Å². The zero-order chi connectivity index (χ0) is 10.2. The summed E-state index contributed by atoms with van der Waals surface area (Å²) in [5.74, 6) is 4.10. The topological polar surface area (TPSA) is 12.0 Å². The van der Waals surface area contributed by atoms with Crippen molar-refractivity contribution >= 4 is 23.4 Å². The molecule has 0 spiro atoms. The fourth-order valence-electron chi connectivity index (χ4n) is 2.10. The first-order valence-electron chi connectivity index (χ1n) is 5.75. The van der Waals surface area contributed by atoms with Gasteiger partial charge >= 0.3 is 0 Å². The molecule has 3 heteroatoms. The Bertz CT molecular complexity index is 143. The summed E-state index contributed by atoms with van der Waals surface area (Å²) in [4.78, 5) is 0. The van der Waals surface area contributed by atoms with Crippen LogP contribution in [0.15, 0.2) is 0 Å². The minimum Gasteiger partial charge on any atom is -0.314 e. The number of hydrogen-bond donors (Lipinski definition) is 1. The van der Waals surface area contributed by atoms with Crippen molar-refractivity contribution in [3.63, 3.8) is 0 Å². The van der Waals surface area contributed by atoms with E-state index in [-0.39, 0.29) is 0 Å². The number of rotatable bonds is 7. The summed E-state index contributed by atoms with van der Waals surface area (Å²) in [6.45, 7) is 3.39. The van der Waals surface area contributed by atoms with Crippen LogP contribution in [0.5, 0.6) is 0 Å². The van der Waals surface area contributed by atoms with Gasteiger partial charge in [0.2, 0.25) is 0 Å². The molecule has 1 nitrogen and oxygen atoms in total. The Morgan fingerprint density at radius 1 is 1.43 bits per heavy atom. The molecule has 0 bridgehead atoms. The highest BCUT2D eigenvalue weighted by atomic mass is 35.5. The van der Waals surface area contributed by atoms with Gasteiger partial charge < -0.3 is 5.32 Å². The van der Waals surface area contributed by atoms with Gasteiger partial charge in [0.15, 0.2) is 0 Å². The number of alkyl halides is 1. The molecule has 1 fully saturated rings. The minimum atomic E-state index is 0.708. The summed E-state index contributed by atoms with van der Waals surface area (Å²) >= 11 is 7.95. The third-order valence-electron chi connectivity index (χ3n) is 2.93. The standard InChI is InChI=1S/C11H22ClNS/c1-2-14-8-4-7-13-11-6-3-5-10(11)9-12/h10-11,13H,2-9H2,1H3. The van der Waals surface area contributed by atoms with Crippen molar-refractivity contribution < 1.29 is 0 Å². The maximum Gasteiger partial charge on any atom is 0.0266 e. The van der Waals surface area contributed by atoms with Crippen molar-refractivity contribution in [1.29, 1.82) is 0 Å². The first-order valence-corrected chi connectivity index (χ1v) is 7.44. The summed E-state index contributed by atoms with van der Waals surface area (Å²) in [7, 11) is 0. The summed E-state index contributed by atoms with van der Waals surface area (Å²) in [5, 5.41) is 3.64. The lowest BCUT2D eigenvalue weighted by molar-refractivity contribution is 0.432. The van der Waals surface area contributed by atoms with Crippen molar-refractivity contribution in [2.24, 2.45) is 5.92 Å². The molecule has 2 atom stereocenters. The van der Waals surface area contributed by atoms with Crippen molar-refractivity contribution in [1.82, 2.24) is 5.32 Å². The van der Waals surface area contributed by atoms with E-state index in [1.54, 1.807) is 0 Å². The van der Waals surface area contributed by atoms with Crippen LogP contribution in [-0.2, 0) is 0 Å². The highest BCUT2D eigenvalue weighted by Crippen LogP contribution is 2.26. The van der Waals surface area contributed by atoms with Crippen LogP contribution in [0, 0.1) is 5.92 Å². The van der Waals surface area contributed by atoms with E-state index in [0.717, 1.165) is 11.8 Å². The predicted molar refractivity (Wildman–Crippen MR) is 67.5 cm³/mol. The van der Waals surface area contributed by atoms with E-state index >= 15 is 0 Å². The van der Waals surface area contributed by atoms with E-state index in [0.29, 0.717) is 6.04 Å². The van der Waals surface area contributed by atoms with Gasteiger partial charge in [-0.05, 0) is 43.2 Å². The molecule has 1 aliphatic rings. The third kappa shape index (κ3) is 4.41. The van der Waals surface area contributed by atoms with Crippen LogP contribution in [0.4, 0.5) is 0 Å². The van der Waals surface area contributed by atoms with Crippen LogP contribution in [-0.4, -0.2) is 30.0 Å². The lowest BCUT2D eigenvalue weighted by atomic mass is 10.1. The van der Waals surface area contributed by atoms with Gasteiger partial charge in [-0.3, -0.25) is 0 Å². The van der Waals surface area contributed by atoms with E-state index in [1.807, 2.05) is 11.8 Å². The predicted octanol–water partition coefficient (Wildman–Crippen LogP) is 3.13. The van der Waals surface area contributed by atoms with E-state index < -0.39 is 0 Å². The average molecular weight is 236 g/mol. The summed E-state index contributed by atoms with van der Waals surface area (Å²) in [6, 6.07) is 0.708. The second kappa shape index (κ2) is 7.84. The molecule has 0 heterocycles. The molecule has 0 amide bonds. The SMILES string of the molecule is CCSCCCNC1CCCC1CCl. The molecule has 0 aromatic rings. The van der Waals surface area contributed by atoms with Crippen molar-refractivity contribution in [2.45, 2.75) is 38.6 Å². The van der Waals surface area contributed by atoms with Crippen LogP contribution in [0.3, 0.4) is 0 Å². The molecular weight excluding hydrogens is 214 g/mol. The zero-order valence-corrected chi connectivity index (χ0v) is 10.7. The summed E-state index contributed by atoms with van der Waals surface area (Å²) in [6.07, 6.45) is 5.31. The monoisotopic (exact) mass is 235 g/mol. The molecule has 0 aromatic heterocycles. The van der Waals surface area contributed by atoms with Crippen molar-refractivity contribution in [3.8, 4) is 0 Å². The molecule has 2 unspecified atom stereocenters. The minimum absolute atomic E-state index is 0.708. The maximum atomic E-state index is 5.92. The van der Waals surface area contributed by atoms with Crippen molar-refractivity contribution in [3.05, 3.63) is 0 Å². The van der Waals surface area contributed by atoms with Crippen molar-refractivity contribution in [2.75, 3.05) is 23.9 Å². The molecule has 84 valence electrons. The van der Waals surface area contributed by atoms with Gasteiger partial charge in [0.25, 0.3) is 0 Å². The normalized spacial score (nSPS) is 27.0. The fraction of sp³-hybridized carbons (Fsp3) is 1.00. The van der Waals surface area contributed by atoms with Crippen LogP contribution >= 0.6 is 23.4 Å². The van der Waals surface area contributed by atoms with Gasteiger partial charge in [-0.2, -0.15) is 11.8 Å². The van der Waals surface area contributed by atoms with Gasteiger partial charge in [-0.1, -0.05) is 13.3 Å². The molecule has 0 saturated heterocycles. The fourth-order valence-corrected chi connectivity index (χ4v) is 3.10. The molecule has 14 heavy (non-hydrogen) atoms. The smallest absolute Gasteiger partial charge is 0.0266 e. The van der Waals surface area contributed by atoms with Gasteiger partial charge in [0, 0.05) is 11.9 Å². The van der Waals surface area contributed by atoms with Gasteiger partial charge in [0.1, 0.15) is 0 Å². The molecule has 0 aliphatic heterocycles. The number of thioether (sulfide) groups is 1.